The average Bonchev–Trinajstić information content (AvgIpc) is 2.47. The number of fused-ring (bicyclic) bond motifs is 1. The van der Waals surface area contributed by atoms with Crippen molar-refractivity contribution < 1.29 is 4.74 Å². The number of hydrogen-bond acceptors (Lipinski definition) is 3. The Kier molecular flexibility index (Phi) is 3.81. The zero-order chi connectivity index (χ0) is 14.1. The summed E-state index contributed by atoms with van der Waals surface area (Å²) in [6, 6.07) is 10.2. The fourth-order valence-electron chi connectivity index (χ4n) is 2.85. The molecule has 0 saturated carbocycles. The number of piperidine rings is 1. The number of anilines is 1. The molecule has 2 atom stereocenters. The highest BCUT2D eigenvalue weighted by Gasteiger charge is 2.27. The molecule has 1 aliphatic rings. The van der Waals surface area contributed by atoms with Gasteiger partial charge in [-0.15, -0.1) is 0 Å². The third kappa shape index (κ3) is 2.48. The molecule has 2 aromatic rings. The number of hydrogen-bond donors (Lipinski definition) is 0. The normalized spacial score (nSPS) is 23.2. The van der Waals surface area contributed by atoms with Crippen LogP contribution in [0, 0.1) is 5.92 Å². The summed E-state index contributed by atoms with van der Waals surface area (Å²) in [4.78, 5) is 6.82. The van der Waals surface area contributed by atoms with Gasteiger partial charge in [0.25, 0.3) is 0 Å². The highest BCUT2D eigenvalue weighted by atomic mass is 35.5. The van der Waals surface area contributed by atoms with E-state index in [1.165, 1.54) is 0 Å². The molecular formula is C16H19ClN2O. The van der Waals surface area contributed by atoms with Crippen LogP contribution in [0.2, 0.25) is 5.15 Å². The van der Waals surface area contributed by atoms with Gasteiger partial charge in [0.1, 0.15) is 11.0 Å². The first-order chi connectivity index (χ1) is 9.69. The Hall–Kier alpha value is -1.32. The van der Waals surface area contributed by atoms with E-state index in [1.54, 1.807) is 7.11 Å². The van der Waals surface area contributed by atoms with Crippen LogP contribution in [0.25, 0.3) is 10.8 Å². The molecule has 0 spiro atoms. The van der Waals surface area contributed by atoms with Gasteiger partial charge in [0, 0.05) is 25.6 Å². The maximum absolute atomic E-state index is 6.31. The summed E-state index contributed by atoms with van der Waals surface area (Å²) in [6.45, 7) is 4.12. The predicted octanol–water partition coefficient (Wildman–Crippen LogP) is 3.75. The van der Waals surface area contributed by atoms with Crippen molar-refractivity contribution in [2.75, 3.05) is 25.1 Å². The molecule has 1 saturated heterocycles. The van der Waals surface area contributed by atoms with E-state index in [9.17, 15) is 0 Å². The Morgan fingerprint density at radius 2 is 2.15 bits per heavy atom. The fraction of sp³-hybridized carbons (Fsp3) is 0.438. The van der Waals surface area contributed by atoms with Crippen LogP contribution in [0.4, 0.5) is 5.82 Å². The van der Waals surface area contributed by atoms with Crippen molar-refractivity contribution in [1.29, 1.82) is 0 Å². The molecule has 3 nitrogen and oxygen atoms in total. The zero-order valence-corrected chi connectivity index (χ0v) is 12.6. The molecule has 1 fully saturated rings. The second-order valence-electron chi connectivity index (χ2n) is 5.48. The van der Waals surface area contributed by atoms with Crippen LogP contribution in [-0.4, -0.2) is 31.3 Å². The van der Waals surface area contributed by atoms with Crippen LogP contribution < -0.4 is 4.90 Å². The van der Waals surface area contributed by atoms with Gasteiger partial charge in [0.15, 0.2) is 0 Å². The molecule has 1 aromatic carbocycles. The minimum atomic E-state index is 0.260. The minimum Gasteiger partial charge on any atom is -0.379 e. The molecule has 0 radical (unpaired) electrons. The van der Waals surface area contributed by atoms with Gasteiger partial charge < -0.3 is 9.64 Å². The zero-order valence-electron chi connectivity index (χ0n) is 11.8. The maximum atomic E-state index is 6.31. The lowest BCUT2D eigenvalue weighted by Gasteiger charge is -2.37. The Morgan fingerprint density at radius 1 is 1.35 bits per heavy atom. The van der Waals surface area contributed by atoms with Gasteiger partial charge >= 0.3 is 0 Å². The second-order valence-corrected chi connectivity index (χ2v) is 5.84. The molecule has 4 heteroatoms. The van der Waals surface area contributed by atoms with Gasteiger partial charge in [-0.25, -0.2) is 4.98 Å². The van der Waals surface area contributed by atoms with Crippen LogP contribution in [0.1, 0.15) is 13.3 Å². The van der Waals surface area contributed by atoms with Crippen molar-refractivity contribution in [1.82, 2.24) is 4.98 Å². The van der Waals surface area contributed by atoms with Crippen molar-refractivity contribution in [3.63, 3.8) is 0 Å². The summed E-state index contributed by atoms with van der Waals surface area (Å²) >= 11 is 6.31. The number of pyridine rings is 1. The van der Waals surface area contributed by atoms with Gasteiger partial charge in [0.2, 0.25) is 0 Å². The fourth-order valence-corrected chi connectivity index (χ4v) is 3.11. The van der Waals surface area contributed by atoms with Crippen molar-refractivity contribution in [2.45, 2.75) is 19.4 Å². The SMILES string of the molecule is COC1CN(c2cc3ccccc3c(Cl)n2)CCC1C. The monoisotopic (exact) mass is 290 g/mol. The van der Waals surface area contributed by atoms with Crippen molar-refractivity contribution in [2.24, 2.45) is 5.92 Å². The smallest absolute Gasteiger partial charge is 0.139 e. The van der Waals surface area contributed by atoms with Crippen molar-refractivity contribution >= 4 is 28.2 Å². The summed E-state index contributed by atoms with van der Waals surface area (Å²) in [6.07, 6.45) is 1.38. The molecule has 20 heavy (non-hydrogen) atoms. The second kappa shape index (κ2) is 5.58. The maximum Gasteiger partial charge on any atom is 0.139 e. The van der Waals surface area contributed by atoms with E-state index < -0.39 is 0 Å². The summed E-state index contributed by atoms with van der Waals surface area (Å²) in [5.41, 5.74) is 0. The molecule has 0 bridgehead atoms. The predicted molar refractivity (Wildman–Crippen MR) is 83.5 cm³/mol. The number of benzene rings is 1. The van der Waals surface area contributed by atoms with E-state index in [1.807, 2.05) is 18.2 Å². The quantitative estimate of drug-likeness (QED) is 0.788. The lowest BCUT2D eigenvalue weighted by Crippen LogP contribution is -2.44. The highest BCUT2D eigenvalue weighted by molar-refractivity contribution is 6.34. The van der Waals surface area contributed by atoms with Gasteiger partial charge in [-0.3, -0.25) is 0 Å². The van der Waals surface area contributed by atoms with Crippen molar-refractivity contribution in [3.8, 4) is 0 Å². The largest absolute Gasteiger partial charge is 0.379 e. The number of aromatic nitrogens is 1. The minimum absolute atomic E-state index is 0.260. The number of nitrogens with zero attached hydrogens (tertiary/aromatic N) is 2. The van der Waals surface area contributed by atoms with E-state index in [-0.39, 0.29) is 6.10 Å². The summed E-state index contributed by atoms with van der Waals surface area (Å²) in [7, 11) is 1.78. The van der Waals surface area contributed by atoms with Crippen molar-refractivity contribution in [3.05, 3.63) is 35.5 Å². The van der Waals surface area contributed by atoms with Crippen LogP contribution in [0.3, 0.4) is 0 Å². The third-order valence-corrected chi connectivity index (χ3v) is 4.48. The Balaban J connectivity index is 1.94. The van der Waals surface area contributed by atoms with Crippen LogP contribution >= 0.6 is 11.6 Å². The molecule has 1 aromatic heterocycles. The van der Waals surface area contributed by atoms with E-state index in [0.717, 1.165) is 36.1 Å². The molecule has 2 heterocycles. The topological polar surface area (TPSA) is 25.4 Å². The summed E-state index contributed by atoms with van der Waals surface area (Å²) in [5, 5.41) is 2.72. The summed E-state index contributed by atoms with van der Waals surface area (Å²) in [5.74, 6) is 1.54. The van der Waals surface area contributed by atoms with E-state index in [4.69, 9.17) is 16.3 Å². The molecule has 2 unspecified atom stereocenters. The average molecular weight is 291 g/mol. The van der Waals surface area contributed by atoms with Gasteiger partial charge in [-0.2, -0.15) is 0 Å². The highest BCUT2D eigenvalue weighted by Crippen LogP contribution is 2.29. The third-order valence-electron chi connectivity index (χ3n) is 4.20. The molecule has 0 aliphatic carbocycles. The van der Waals surface area contributed by atoms with Gasteiger partial charge in [-0.1, -0.05) is 42.8 Å². The molecule has 3 rings (SSSR count). The molecular weight excluding hydrogens is 272 g/mol. The lowest BCUT2D eigenvalue weighted by molar-refractivity contribution is 0.0496. The Labute approximate surface area is 124 Å². The molecule has 106 valence electrons. The Morgan fingerprint density at radius 3 is 2.95 bits per heavy atom. The van der Waals surface area contributed by atoms with E-state index >= 15 is 0 Å². The first-order valence-corrected chi connectivity index (χ1v) is 7.40. The molecule has 0 amide bonds. The van der Waals surface area contributed by atoms with Crippen LogP contribution in [0.5, 0.6) is 0 Å². The lowest BCUT2D eigenvalue weighted by atomic mass is 9.96. The first-order valence-electron chi connectivity index (χ1n) is 7.02. The van der Waals surface area contributed by atoms with E-state index in [2.05, 4.69) is 28.9 Å². The number of methoxy groups -OCH3 is 1. The van der Waals surface area contributed by atoms with Gasteiger partial charge in [0.05, 0.1) is 6.10 Å². The summed E-state index contributed by atoms with van der Waals surface area (Å²) < 4.78 is 5.57. The standard InChI is InChI=1S/C16H19ClN2O/c1-11-7-8-19(10-14(11)20-2)15-9-12-5-3-4-6-13(12)16(17)18-15/h3-6,9,11,14H,7-8,10H2,1-2H3. The first kappa shape index (κ1) is 13.7. The van der Waals surface area contributed by atoms with Crippen LogP contribution in [0.15, 0.2) is 30.3 Å². The Bertz CT molecular complexity index is 616. The molecule has 0 N–H and O–H groups in total. The number of halogens is 1. The van der Waals surface area contributed by atoms with Gasteiger partial charge in [-0.05, 0) is 23.8 Å². The number of ether oxygens (including phenoxy) is 1. The number of rotatable bonds is 2. The van der Waals surface area contributed by atoms with Crippen LogP contribution in [-0.2, 0) is 4.74 Å². The molecule has 1 aliphatic heterocycles. The van der Waals surface area contributed by atoms with E-state index in [0.29, 0.717) is 11.1 Å².